The summed E-state index contributed by atoms with van der Waals surface area (Å²) in [5.74, 6) is -1.69. The van der Waals surface area contributed by atoms with Crippen LogP contribution in [0.4, 0.5) is 19.0 Å². The number of anilines is 1. The first-order chi connectivity index (χ1) is 27.6. The van der Waals surface area contributed by atoms with Crippen molar-refractivity contribution in [2.75, 3.05) is 18.8 Å². The number of rotatable bonds is 9. The van der Waals surface area contributed by atoms with E-state index >= 15 is 8.78 Å². The molecule has 9 nitrogen and oxygen atoms in total. The molecule has 284 valence electrons. The van der Waals surface area contributed by atoms with Crippen LogP contribution in [0.25, 0.3) is 44.4 Å². The van der Waals surface area contributed by atoms with Gasteiger partial charge in [0, 0.05) is 18.7 Å². The summed E-state index contributed by atoms with van der Waals surface area (Å²) in [6.07, 6.45) is 1.01. The van der Waals surface area contributed by atoms with Crippen molar-refractivity contribution in [1.82, 2.24) is 24.6 Å². The van der Waals surface area contributed by atoms with Crippen molar-refractivity contribution < 1.29 is 22.3 Å². The van der Waals surface area contributed by atoms with Crippen LogP contribution in [0, 0.1) is 17.5 Å². The minimum atomic E-state index is -0.875. The minimum absolute atomic E-state index is 0.00406. The van der Waals surface area contributed by atoms with Crippen molar-refractivity contribution in [3.05, 3.63) is 172 Å². The molecule has 57 heavy (non-hydrogen) atoms. The third-order valence-electron chi connectivity index (χ3n) is 10.4. The smallest absolute Gasteiger partial charge is 0.203 e. The molecule has 1 aliphatic heterocycles. The van der Waals surface area contributed by atoms with E-state index < -0.39 is 32.5 Å². The lowest BCUT2D eigenvalue weighted by Gasteiger charge is -2.49. The molecule has 5 aromatic carbocycles. The summed E-state index contributed by atoms with van der Waals surface area (Å²) in [6, 6.07) is 33.7. The first-order valence-corrected chi connectivity index (χ1v) is 19.2. The summed E-state index contributed by atoms with van der Waals surface area (Å²) < 4.78 is 59.1. The summed E-state index contributed by atoms with van der Waals surface area (Å²) in [5, 5.41) is 4.92. The predicted molar refractivity (Wildman–Crippen MR) is 220 cm³/mol. The fourth-order valence-corrected chi connectivity index (χ4v) is 8.66. The van der Waals surface area contributed by atoms with Crippen LogP contribution in [0.15, 0.2) is 137 Å². The first-order valence-electron chi connectivity index (χ1n) is 18.1. The van der Waals surface area contributed by atoms with Gasteiger partial charge >= 0.3 is 0 Å². The maximum atomic E-state index is 16.0. The number of likely N-dealkylation sites (tertiary alicyclic amines) is 1. The second-order valence-corrected chi connectivity index (χ2v) is 15.4. The molecule has 1 saturated heterocycles. The van der Waals surface area contributed by atoms with Gasteiger partial charge in [0.2, 0.25) is 5.43 Å². The van der Waals surface area contributed by atoms with Crippen LogP contribution in [0.1, 0.15) is 29.9 Å². The molecule has 3 aromatic heterocycles. The van der Waals surface area contributed by atoms with Crippen LogP contribution in [0.5, 0.6) is 5.75 Å². The zero-order valence-electron chi connectivity index (χ0n) is 30.2. The largest absolute Gasteiger partial charge is 0.485 e. The number of fused-ring (bicyclic) bond motifs is 2. The van der Waals surface area contributed by atoms with Crippen molar-refractivity contribution in [3.8, 4) is 28.1 Å². The highest BCUT2D eigenvalue weighted by molar-refractivity contribution is 14.1. The van der Waals surface area contributed by atoms with Crippen molar-refractivity contribution >= 4 is 50.4 Å². The Morgan fingerprint density at radius 1 is 0.825 bits per heavy atom. The molecule has 0 aliphatic carbocycles. The summed E-state index contributed by atoms with van der Waals surface area (Å²) in [7, 11) is 0. The Labute approximate surface area is 337 Å². The van der Waals surface area contributed by atoms with Crippen LogP contribution in [0.3, 0.4) is 0 Å². The number of halogens is 4. The molecule has 1 fully saturated rings. The Kier molecular flexibility index (Phi) is 9.28. The van der Waals surface area contributed by atoms with Gasteiger partial charge in [0.25, 0.3) is 0 Å². The Morgan fingerprint density at radius 3 is 2.21 bits per heavy atom. The van der Waals surface area contributed by atoms with Crippen molar-refractivity contribution in [2.45, 2.75) is 22.6 Å². The molecular weight excluding hydrogens is 844 g/mol. The van der Waals surface area contributed by atoms with E-state index in [1.54, 1.807) is 25.1 Å². The monoisotopic (exact) mass is 876 g/mol. The molecule has 1 aliphatic rings. The summed E-state index contributed by atoms with van der Waals surface area (Å²) in [5.41, 5.74) is 9.08. The lowest BCUT2D eigenvalue weighted by molar-refractivity contribution is -0.00723. The maximum absolute atomic E-state index is 16.0. The standard InChI is InChI=1S/C44H32F3IN6O3/c1-25(41-36(26-10-8-15-30(45)20-26)40(55)37-32(46)16-9-17-35(37)57-41)54-43-38(42(49)50-24-51-43)39(52-54)27-18-19-34(33(47)21-27)56-31-22-53(23-31)44(48,28-11-4-2-5-12-28)29-13-6-3-7-14-29/h2-21,24-25,31H,22-23H2,1H3,(H2,49,50,51). The summed E-state index contributed by atoms with van der Waals surface area (Å²) >= 11 is 2.49. The molecule has 1 unspecified atom stereocenters. The number of ether oxygens (including phenoxy) is 1. The number of nitrogens with two attached hydrogens (primary N) is 1. The quantitative estimate of drug-likeness (QED) is 0.0869. The highest BCUT2D eigenvalue weighted by atomic mass is 127. The third kappa shape index (κ3) is 6.30. The molecule has 0 saturated carbocycles. The van der Waals surface area contributed by atoms with Crippen LogP contribution in [-0.2, 0) is 3.55 Å². The van der Waals surface area contributed by atoms with Gasteiger partial charge in [-0.05, 0) is 66.1 Å². The molecule has 4 heterocycles. The van der Waals surface area contributed by atoms with Crippen molar-refractivity contribution in [1.29, 1.82) is 0 Å². The zero-order chi connectivity index (χ0) is 39.4. The Balaban J connectivity index is 1.05. The van der Waals surface area contributed by atoms with Gasteiger partial charge in [0.1, 0.15) is 61.9 Å². The normalized spacial score (nSPS) is 14.2. The topological polar surface area (TPSA) is 112 Å². The molecule has 8 aromatic rings. The maximum Gasteiger partial charge on any atom is 0.203 e. The molecule has 1 atom stereocenters. The number of hydrogen-bond acceptors (Lipinski definition) is 8. The lowest BCUT2D eigenvalue weighted by Crippen LogP contribution is -2.60. The van der Waals surface area contributed by atoms with Gasteiger partial charge in [0.05, 0.1) is 10.9 Å². The number of benzene rings is 5. The Morgan fingerprint density at radius 2 is 1.53 bits per heavy atom. The molecule has 0 spiro atoms. The van der Waals surface area contributed by atoms with Gasteiger partial charge in [-0.3, -0.25) is 9.69 Å². The van der Waals surface area contributed by atoms with Crippen LogP contribution in [0.2, 0.25) is 0 Å². The fourth-order valence-electron chi connectivity index (χ4n) is 7.54. The number of aromatic nitrogens is 4. The van der Waals surface area contributed by atoms with E-state index in [1.165, 1.54) is 47.4 Å². The molecule has 0 amide bonds. The fraction of sp³-hybridized carbons (Fsp3) is 0.136. The molecule has 2 N–H and O–H groups in total. The van der Waals surface area contributed by atoms with Gasteiger partial charge in [-0.1, -0.05) is 101 Å². The van der Waals surface area contributed by atoms with Gasteiger partial charge < -0.3 is 14.9 Å². The Bertz CT molecular complexity index is 2830. The molecule has 0 radical (unpaired) electrons. The molecule has 0 bridgehead atoms. The highest BCUT2D eigenvalue weighted by Gasteiger charge is 2.45. The third-order valence-corrected chi connectivity index (χ3v) is 12.3. The second kappa shape index (κ2) is 14.5. The van der Waals surface area contributed by atoms with Crippen LogP contribution < -0.4 is 15.9 Å². The van der Waals surface area contributed by atoms with E-state index in [1.807, 2.05) is 36.4 Å². The van der Waals surface area contributed by atoms with E-state index in [9.17, 15) is 9.18 Å². The van der Waals surface area contributed by atoms with Crippen molar-refractivity contribution in [3.63, 3.8) is 0 Å². The van der Waals surface area contributed by atoms with Gasteiger partial charge in [-0.2, -0.15) is 5.10 Å². The van der Waals surface area contributed by atoms with E-state index in [-0.39, 0.29) is 56.9 Å². The predicted octanol–water partition coefficient (Wildman–Crippen LogP) is 9.27. The van der Waals surface area contributed by atoms with Crippen LogP contribution in [-0.4, -0.2) is 43.8 Å². The number of alkyl halides is 1. The first kappa shape index (κ1) is 36.6. The summed E-state index contributed by atoms with van der Waals surface area (Å²) in [6.45, 7) is 2.86. The molecule has 13 heteroatoms. The van der Waals surface area contributed by atoms with Gasteiger partial charge in [-0.15, -0.1) is 0 Å². The zero-order valence-corrected chi connectivity index (χ0v) is 32.4. The van der Waals surface area contributed by atoms with Gasteiger partial charge in [-0.25, -0.2) is 27.8 Å². The lowest BCUT2D eigenvalue weighted by atomic mass is 9.93. The number of nitrogens with zero attached hydrogens (tertiary/aromatic N) is 5. The van der Waals surface area contributed by atoms with E-state index in [2.05, 4.69) is 61.7 Å². The van der Waals surface area contributed by atoms with E-state index in [0.717, 1.165) is 17.2 Å². The van der Waals surface area contributed by atoms with E-state index in [0.29, 0.717) is 24.0 Å². The average Bonchev–Trinajstić information content (AvgIpc) is 3.60. The SMILES string of the molecule is CC(c1oc2cccc(F)c2c(=O)c1-c1cccc(F)c1)n1nc(-c2ccc(OC3CN(C(I)(c4ccccc4)c4ccccc4)C3)c(F)c2)c2c(N)ncnc21. The molecule has 9 rings (SSSR count). The van der Waals surface area contributed by atoms with E-state index in [4.69, 9.17) is 20.0 Å². The average molecular weight is 877 g/mol. The summed E-state index contributed by atoms with van der Waals surface area (Å²) in [4.78, 5) is 24.9. The highest BCUT2D eigenvalue weighted by Crippen LogP contribution is 2.46. The second-order valence-electron chi connectivity index (χ2n) is 13.9. The van der Waals surface area contributed by atoms with Crippen molar-refractivity contribution in [2.24, 2.45) is 0 Å². The molecular formula is C44H32F3IN6O3. The van der Waals surface area contributed by atoms with Gasteiger partial charge in [0.15, 0.2) is 17.2 Å². The Hall–Kier alpha value is -6.06. The number of nitrogen functional groups attached to an aromatic ring is 1. The number of hydrogen-bond donors (Lipinski definition) is 1. The van der Waals surface area contributed by atoms with Crippen LogP contribution >= 0.6 is 22.6 Å². The minimum Gasteiger partial charge on any atom is -0.485 e.